The standard InChI is InChI=1S/C8H17S/c1-6-7(2)9-8(3,4)5/h7H,1,6H2,2-5H3. The summed E-state index contributed by atoms with van der Waals surface area (Å²) in [7, 11) is 0. The number of hydrogen-bond donors (Lipinski definition) is 0. The van der Waals surface area contributed by atoms with E-state index in [2.05, 4.69) is 34.6 Å². The van der Waals surface area contributed by atoms with Crippen molar-refractivity contribution in [3.8, 4) is 0 Å². The highest BCUT2D eigenvalue weighted by Crippen LogP contribution is 2.28. The molecule has 1 atom stereocenters. The minimum atomic E-state index is 0.400. The number of hydrogen-bond acceptors (Lipinski definition) is 1. The fraction of sp³-hybridized carbons (Fsp3) is 0.875. The molecule has 55 valence electrons. The van der Waals surface area contributed by atoms with Gasteiger partial charge in [-0.3, -0.25) is 0 Å². The van der Waals surface area contributed by atoms with Gasteiger partial charge in [-0.15, -0.1) is 0 Å². The molecule has 0 rings (SSSR count). The fourth-order valence-corrected chi connectivity index (χ4v) is 1.99. The zero-order valence-electron chi connectivity index (χ0n) is 6.90. The molecule has 0 fully saturated rings. The second kappa shape index (κ2) is 3.50. The Labute approximate surface area is 63.4 Å². The van der Waals surface area contributed by atoms with Crippen molar-refractivity contribution >= 4 is 11.8 Å². The van der Waals surface area contributed by atoms with E-state index < -0.39 is 0 Å². The normalized spacial score (nSPS) is 15.7. The molecule has 0 heterocycles. The molecule has 0 aromatic heterocycles. The SMILES string of the molecule is [CH2]CC(C)SC(C)(C)C. The predicted octanol–water partition coefficient (Wildman–Crippen LogP) is 3.13. The van der Waals surface area contributed by atoms with Crippen molar-refractivity contribution in [1.82, 2.24) is 0 Å². The molecule has 1 heteroatoms. The quantitative estimate of drug-likeness (QED) is 0.575. The summed E-state index contributed by atoms with van der Waals surface area (Å²) in [6.45, 7) is 12.8. The van der Waals surface area contributed by atoms with Crippen LogP contribution in [-0.4, -0.2) is 10.00 Å². The molecule has 0 aliphatic heterocycles. The summed E-state index contributed by atoms with van der Waals surface area (Å²) >= 11 is 1.99. The lowest BCUT2D eigenvalue weighted by Gasteiger charge is -2.21. The maximum absolute atomic E-state index is 3.85. The smallest absolute Gasteiger partial charge is 0.00777 e. The molecule has 0 saturated heterocycles. The predicted molar refractivity (Wildman–Crippen MR) is 46.8 cm³/mol. The van der Waals surface area contributed by atoms with Gasteiger partial charge in [-0.05, 0) is 6.42 Å². The molecule has 0 aromatic rings. The summed E-state index contributed by atoms with van der Waals surface area (Å²) in [4.78, 5) is 0. The van der Waals surface area contributed by atoms with Crippen LogP contribution in [0.25, 0.3) is 0 Å². The maximum Gasteiger partial charge on any atom is 0.00777 e. The Morgan fingerprint density at radius 1 is 1.44 bits per heavy atom. The second-order valence-electron chi connectivity index (χ2n) is 3.33. The van der Waals surface area contributed by atoms with Gasteiger partial charge in [0.15, 0.2) is 0 Å². The van der Waals surface area contributed by atoms with Crippen molar-refractivity contribution in [1.29, 1.82) is 0 Å². The van der Waals surface area contributed by atoms with E-state index >= 15 is 0 Å². The summed E-state index contributed by atoms with van der Waals surface area (Å²) in [5, 5.41) is 0.699. The van der Waals surface area contributed by atoms with Gasteiger partial charge in [0.2, 0.25) is 0 Å². The molecule has 0 aliphatic carbocycles. The Morgan fingerprint density at radius 3 is 2.00 bits per heavy atom. The highest BCUT2D eigenvalue weighted by molar-refractivity contribution is 8.01. The second-order valence-corrected chi connectivity index (χ2v) is 5.59. The van der Waals surface area contributed by atoms with Crippen LogP contribution in [-0.2, 0) is 0 Å². The van der Waals surface area contributed by atoms with Gasteiger partial charge in [0.25, 0.3) is 0 Å². The Balaban J connectivity index is 3.47. The molecule has 1 unspecified atom stereocenters. The van der Waals surface area contributed by atoms with E-state index in [1.807, 2.05) is 11.8 Å². The fourth-order valence-electron chi connectivity index (χ4n) is 0.662. The molecule has 0 saturated carbocycles. The zero-order valence-corrected chi connectivity index (χ0v) is 7.72. The molecule has 9 heavy (non-hydrogen) atoms. The lowest BCUT2D eigenvalue weighted by molar-refractivity contribution is 0.789. The monoisotopic (exact) mass is 145 g/mol. The van der Waals surface area contributed by atoms with Gasteiger partial charge < -0.3 is 0 Å². The molecule has 0 nitrogen and oxygen atoms in total. The van der Waals surface area contributed by atoms with Crippen molar-refractivity contribution in [2.24, 2.45) is 0 Å². The summed E-state index contributed by atoms with van der Waals surface area (Å²) in [5.41, 5.74) is 0. The zero-order chi connectivity index (χ0) is 7.49. The van der Waals surface area contributed by atoms with Crippen molar-refractivity contribution < 1.29 is 0 Å². The van der Waals surface area contributed by atoms with Crippen molar-refractivity contribution in [3.63, 3.8) is 0 Å². The van der Waals surface area contributed by atoms with Crippen molar-refractivity contribution in [2.75, 3.05) is 0 Å². The van der Waals surface area contributed by atoms with E-state index in [-0.39, 0.29) is 0 Å². The summed E-state index contributed by atoms with van der Waals surface area (Å²) in [6, 6.07) is 0. The van der Waals surface area contributed by atoms with Crippen LogP contribution in [0.5, 0.6) is 0 Å². The van der Waals surface area contributed by atoms with E-state index in [0.717, 1.165) is 6.42 Å². The van der Waals surface area contributed by atoms with Gasteiger partial charge in [-0.25, -0.2) is 0 Å². The summed E-state index contributed by atoms with van der Waals surface area (Å²) in [6.07, 6.45) is 1.03. The number of thioether (sulfide) groups is 1. The first-order chi connectivity index (χ1) is 3.95. The van der Waals surface area contributed by atoms with E-state index in [4.69, 9.17) is 0 Å². The Morgan fingerprint density at radius 2 is 1.89 bits per heavy atom. The molecule has 1 radical (unpaired) electrons. The maximum atomic E-state index is 3.85. The van der Waals surface area contributed by atoms with Crippen LogP contribution in [0.1, 0.15) is 34.1 Å². The van der Waals surface area contributed by atoms with Gasteiger partial charge >= 0.3 is 0 Å². The third-order valence-electron chi connectivity index (χ3n) is 0.961. The first kappa shape index (κ1) is 9.35. The first-order valence-corrected chi connectivity index (χ1v) is 4.31. The van der Waals surface area contributed by atoms with Gasteiger partial charge in [-0.2, -0.15) is 11.8 Å². The van der Waals surface area contributed by atoms with Gasteiger partial charge in [0.1, 0.15) is 0 Å². The molecular weight excluding hydrogens is 128 g/mol. The third kappa shape index (κ3) is 6.23. The van der Waals surface area contributed by atoms with E-state index in [1.54, 1.807) is 0 Å². The average molecular weight is 145 g/mol. The Kier molecular flexibility index (Phi) is 3.64. The molecule has 0 N–H and O–H groups in total. The van der Waals surface area contributed by atoms with Crippen LogP contribution in [0.2, 0.25) is 0 Å². The first-order valence-electron chi connectivity index (χ1n) is 3.43. The van der Waals surface area contributed by atoms with Crippen LogP contribution < -0.4 is 0 Å². The van der Waals surface area contributed by atoms with E-state index in [1.165, 1.54) is 0 Å². The molecule has 0 bridgehead atoms. The van der Waals surface area contributed by atoms with Gasteiger partial charge in [0, 0.05) is 10.00 Å². The van der Waals surface area contributed by atoms with Crippen LogP contribution in [0.4, 0.5) is 0 Å². The summed E-state index contributed by atoms with van der Waals surface area (Å²) in [5.74, 6) is 0. The Hall–Kier alpha value is 0.350. The average Bonchev–Trinajstić information content (AvgIpc) is 1.62. The van der Waals surface area contributed by atoms with Crippen LogP contribution >= 0.6 is 11.8 Å². The molecule has 0 amide bonds. The minimum absolute atomic E-state index is 0.400. The summed E-state index contributed by atoms with van der Waals surface area (Å²) < 4.78 is 0.400. The van der Waals surface area contributed by atoms with Crippen LogP contribution in [0.15, 0.2) is 0 Å². The molecular formula is C8H17S. The molecule has 0 aromatic carbocycles. The molecule has 0 aliphatic rings. The lowest BCUT2D eigenvalue weighted by Crippen LogP contribution is -2.12. The highest BCUT2D eigenvalue weighted by Gasteiger charge is 2.13. The topological polar surface area (TPSA) is 0 Å². The van der Waals surface area contributed by atoms with Crippen LogP contribution in [0, 0.1) is 6.92 Å². The van der Waals surface area contributed by atoms with Crippen molar-refractivity contribution in [2.45, 2.75) is 44.1 Å². The van der Waals surface area contributed by atoms with Crippen LogP contribution in [0.3, 0.4) is 0 Å². The van der Waals surface area contributed by atoms with Crippen molar-refractivity contribution in [3.05, 3.63) is 6.92 Å². The highest BCUT2D eigenvalue weighted by atomic mass is 32.2. The van der Waals surface area contributed by atoms with Gasteiger partial charge in [-0.1, -0.05) is 34.6 Å². The van der Waals surface area contributed by atoms with E-state index in [9.17, 15) is 0 Å². The molecule has 0 spiro atoms. The minimum Gasteiger partial charge on any atom is -0.153 e. The number of rotatable bonds is 2. The van der Waals surface area contributed by atoms with Gasteiger partial charge in [0.05, 0.1) is 0 Å². The Bertz CT molecular complexity index is 71.1. The van der Waals surface area contributed by atoms with E-state index in [0.29, 0.717) is 10.00 Å². The lowest BCUT2D eigenvalue weighted by atomic mass is 10.3. The third-order valence-corrected chi connectivity index (χ3v) is 2.31. The largest absolute Gasteiger partial charge is 0.153 e.